The van der Waals surface area contributed by atoms with Crippen LogP contribution in [0.2, 0.25) is 0 Å². The molecule has 0 bridgehead atoms. The fourth-order valence-corrected chi connectivity index (χ4v) is 3.25. The number of thioether (sulfide) groups is 1. The van der Waals surface area contributed by atoms with E-state index in [1.165, 1.54) is 6.07 Å². The third kappa shape index (κ3) is 5.05. The van der Waals surface area contributed by atoms with Crippen molar-refractivity contribution in [3.05, 3.63) is 53.8 Å². The Bertz CT molecular complexity index is 995. The minimum Gasteiger partial charge on any atom is -0.497 e. The van der Waals surface area contributed by atoms with Crippen LogP contribution in [-0.4, -0.2) is 36.1 Å². The van der Waals surface area contributed by atoms with Gasteiger partial charge in [0.25, 0.3) is 11.1 Å². The molecule has 3 rings (SSSR count). The van der Waals surface area contributed by atoms with Gasteiger partial charge < -0.3 is 19.2 Å². The summed E-state index contributed by atoms with van der Waals surface area (Å²) in [6.07, 6.45) is 0. The molecular weight excluding hydrogens is 397 g/mol. The molecule has 7 nitrogen and oxygen atoms in total. The van der Waals surface area contributed by atoms with Crippen LogP contribution in [0.15, 0.2) is 52.1 Å². The molecule has 0 aliphatic rings. The SMILES string of the molecule is COc1ccc(OC)c([C@@H](C)NC(=O)CSc2nnc(-c3ccccc3F)o2)c1. The first-order chi connectivity index (χ1) is 14.0. The topological polar surface area (TPSA) is 86.5 Å². The molecule has 0 radical (unpaired) electrons. The second-order valence-electron chi connectivity index (χ2n) is 6.04. The standard InChI is InChI=1S/C20H20FN3O4S/c1-12(15-10-13(26-2)8-9-17(15)27-3)22-18(25)11-29-20-24-23-19(28-20)14-6-4-5-7-16(14)21/h4-10,12H,11H2,1-3H3,(H,22,25)/t12-/m1/s1. The summed E-state index contributed by atoms with van der Waals surface area (Å²) in [5, 5.41) is 10.8. The third-order valence-electron chi connectivity index (χ3n) is 4.12. The molecule has 1 amide bonds. The molecule has 0 aliphatic heterocycles. The van der Waals surface area contributed by atoms with E-state index < -0.39 is 5.82 Å². The summed E-state index contributed by atoms with van der Waals surface area (Å²) in [6, 6.07) is 11.2. The van der Waals surface area contributed by atoms with E-state index >= 15 is 0 Å². The fourth-order valence-electron chi connectivity index (χ4n) is 2.68. The van der Waals surface area contributed by atoms with E-state index in [1.54, 1.807) is 44.6 Å². The van der Waals surface area contributed by atoms with E-state index in [1.807, 2.05) is 13.0 Å². The van der Waals surface area contributed by atoms with Crippen molar-refractivity contribution in [1.29, 1.82) is 0 Å². The number of hydrogen-bond acceptors (Lipinski definition) is 7. The van der Waals surface area contributed by atoms with Gasteiger partial charge in [0.15, 0.2) is 0 Å². The highest BCUT2D eigenvalue weighted by atomic mass is 32.2. The van der Waals surface area contributed by atoms with Crippen LogP contribution in [0.3, 0.4) is 0 Å². The Morgan fingerprint density at radius 1 is 1.21 bits per heavy atom. The number of amides is 1. The number of ether oxygens (including phenoxy) is 2. The molecule has 0 saturated carbocycles. The molecule has 0 aliphatic carbocycles. The van der Waals surface area contributed by atoms with Gasteiger partial charge in [0.2, 0.25) is 5.91 Å². The van der Waals surface area contributed by atoms with Crippen molar-refractivity contribution in [2.45, 2.75) is 18.2 Å². The molecule has 1 N–H and O–H groups in total. The van der Waals surface area contributed by atoms with Crippen LogP contribution in [0, 0.1) is 5.82 Å². The molecule has 0 spiro atoms. The Labute approximate surface area is 171 Å². The molecular formula is C20H20FN3O4S. The number of carbonyl (C=O) groups excluding carboxylic acids is 1. The van der Waals surface area contributed by atoms with Gasteiger partial charge in [-0.3, -0.25) is 4.79 Å². The predicted octanol–water partition coefficient (Wildman–Crippen LogP) is 3.86. The molecule has 1 aromatic heterocycles. The maximum atomic E-state index is 13.8. The normalized spacial score (nSPS) is 11.7. The van der Waals surface area contributed by atoms with Crippen LogP contribution in [-0.2, 0) is 4.79 Å². The van der Waals surface area contributed by atoms with E-state index in [0.717, 1.165) is 17.3 Å². The molecule has 0 unspecified atom stereocenters. The lowest BCUT2D eigenvalue weighted by atomic mass is 10.1. The van der Waals surface area contributed by atoms with E-state index in [4.69, 9.17) is 13.9 Å². The number of nitrogens with one attached hydrogen (secondary N) is 1. The summed E-state index contributed by atoms with van der Waals surface area (Å²) in [6.45, 7) is 1.85. The largest absolute Gasteiger partial charge is 0.497 e. The van der Waals surface area contributed by atoms with Gasteiger partial charge in [-0.2, -0.15) is 0 Å². The molecule has 0 fully saturated rings. The highest BCUT2D eigenvalue weighted by molar-refractivity contribution is 7.99. The van der Waals surface area contributed by atoms with E-state index in [-0.39, 0.29) is 34.4 Å². The number of halogens is 1. The first-order valence-corrected chi connectivity index (χ1v) is 9.73. The van der Waals surface area contributed by atoms with Crippen molar-refractivity contribution in [3.8, 4) is 23.0 Å². The predicted molar refractivity (Wildman–Crippen MR) is 107 cm³/mol. The van der Waals surface area contributed by atoms with Crippen molar-refractivity contribution in [2.24, 2.45) is 0 Å². The highest BCUT2D eigenvalue weighted by Gasteiger charge is 2.17. The van der Waals surface area contributed by atoms with Gasteiger partial charge in [-0.05, 0) is 37.3 Å². The Morgan fingerprint density at radius 3 is 2.72 bits per heavy atom. The monoisotopic (exact) mass is 417 g/mol. The molecule has 3 aromatic rings. The van der Waals surface area contributed by atoms with Crippen LogP contribution >= 0.6 is 11.8 Å². The summed E-state index contributed by atoms with van der Waals surface area (Å²) in [7, 11) is 3.14. The maximum Gasteiger partial charge on any atom is 0.277 e. The van der Waals surface area contributed by atoms with Crippen LogP contribution in [0.5, 0.6) is 11.5 Å². The zero-order valence-electron chi connectivity index (χ0n) is 16.1. The van der Waals surface area contributed by atoms with Crippen molar-refractivity contribution in [1.82, 2.24) is 15.5 Å². The second kappa shape index (κ2) is 9.42. The number of methoxy groups -OCH3 is 2. The number of carbonyl (C=O) groups is 1. The Kier molecular flexibility index (Phi) is 6.71. The summed E-state index contributed by atoms with van der Waals surface area (Å²) in [5.41, 5.74) is 1.01. The zero-order valence-corrected chi connectivity index (χ0v) is 17.0. The minimum atomic E-state index is -0.452. The number of nitrogens with zero attached hydrogens (tertiary/aromatic N) is 2. The Morgan fingerprint density at radius 2 is 2.00 bits per heavy atom. The van der Waals surface area contributed by atoms with Gasteiger partial charge in [0.05, 0.1) is 31.6 Å². The van der Waals surface area contributed by atoms with Crippen LogP contribution < -0.4 is 14.8 Å². The lowest BCUT2D eigenvalue weighted by molar-refractivity contribution is -0.119. The van der Waals surface area contributed by atoms with Gasteiger partial charge in [0, 0.05) is 5.56 Å². The fraction of sp³-hybridized carbons (Fsp3) is 0.250. The van der Waals surface area contributed by atoms with E-state index in [0.29, 0.717) is 11.5 Å². The molecule has 9 heteroatoms. The summed E-state index contributed by atoms with van der Waals surface area (Å²) < 4.78 is 29.8. The Hall–Kier alpha value is -3.07. The summed E-state index contributed by atoms with van der Waals surface area (Å²) in [5.74, 6) is 0.778. The molecule has 152 valence electrons. The molecule has 1 atom stereocenters. The average Bonchev–Trinajstić information content (AvgIpc) is 3.20. The van der Waals surface area contributed by atoms with Crippen molar-refractivity contribution < 1.29 is 23.1 Å². The number of aromatic nitrogens is 2. The van der Waals surface area contributed by atoms with Gasteiger partial charge in [-0.15, -0.1) is 10.2 Å². The molecule has 0 saturated heterocycles. The average molecular weight is 417 g/mol. The van der Waals surface area contributed by atoms with E-state index in [9.17, 15) is 9.18 Å². The first-order valence-electron chi connectivity index (χ1n) is 8.74. The maximum absolute atomic E-state index is 13.8. The van der Waals surface area contributed by atoms with Gasteiger partial charge in [-0.25, -0.2) is 4.39 Å². The van der Waals surface area contributed by atoms with Crippen molar-refractivity contribution in [2.75, 3.05) is 20.0 Å². The van der Waals surface area contributed by atoms with Crippen LogP contribution in [0.25, 0.3) is 11.5 Å². The van der Waals surface area contributed by atoms with Gasteiger partial charge >= 0.3 is 0 Å². The number of rotatable bonds is 8. The Balaban J connectivity index is 1.60. The molecule has 29 heavy (non-hydrogen) atoms. The lowest BCUT2D eigenvalue weighted by Crippen LogP contribution is -2.28. The minimum absolute atomic E-state index is 0.0650. The van der Waals surface area contributed by atoms with Crippen molar-refractivity contribution in [3.63, 3.8) is 0 Å². The molecule has 1 heterocycles. The molecule has 2 aromatic carbocycles. The van der Waals surface area contributed by atoms with Gasteiger partial charge in [0.1, 0.15) is 17.3 Å². The summed E-state index contributed by atoms with van der Waals surface area (Å²) in [4.78, 5) is 12.3. The van der Waals surface area contributed by atoms with Gasteiger partial charge in [-0.1, -0.05) is 23.9 Å². The van der Waals surface area contributed by atoms with Crippen LogP contribution in [0.1, 0.15) is 18.5 Å². The third-order valence-corrected chi connectivity index (χ3v) is 4.94. The number of hydrogen-bond donors (Lipinski definition) is 1. The zero-order chi connectivity index (χ0) is 20.8. The lowest BCUT2D eigenvalue weighted by Gasteiger charge is -2.18. The van der Waals surface area contributed by atoms with Crippen LogP contribution in [0.4, 0.5) is 4.39 Å². The van der Waals surface area contributed by atoms with E-state index in [2.05, 4.69) is 15.5 Å². The summed E-state index contributed by atoms with van der Waals surface area (Å²) >= 11 is 1.07. The number of benzene rings is 2. The highest BCUT2D eigenvalue weighted by Crippen LogP contribution is 2.29. The quantitative estimate of drug-likeness (QED) is 0.557. The second-order valence-corrected chi connectivity index (χ2v) is 6.97. The smallest absolute Gasteiger partial charge is 0.277 e. The first kappa shape index (κ1) is 20.7. The van der Waals surface area contributed by atoms with Crippen molar-refractivity contribution >= 4 is 17.7 Å².